The molecule has 0 aliphatic rings. The number of halogens is 3. The van der Waals surface area contributed by atoms with E-state index in [1.54, 1.807) is 19.2 Å². The van der Waals surface area contributed by atoms with Crippen LogP contribution in [-0.4, -0.2) is 37.3 Å². The number of nitrogens with zero attached hydrogens (tertiary/aromatic N) is 2. The summed E-state index contributed by atoms with van der Waals surface area (Å²) in [4.78, 5) is -0.759. The SMILES string of the molecule is COc1ccc(-c2ccc(CN(CCCNc3nsc4ccccc34)S(=O)(=O)c3ccccc3C(F)(F)F)cc2)cc1. The summed E-state index contributed by atoms with van der Waals surface area (Å²) in [6.07, 6.45) is -4.47. The Labute approximate surface area is 246 Å². The molecule has 4 aromatic carbocycles. The third-order valence-electron chi connectivity index (χ3n) is 6.80. The maximum atomic E-state index is 13.8. The van der Waals surface area contributed by atoms with Gasteiger partial charge in [0.05, 0.1) is 22.3 Å². The first-order chi connectivity index (χ1) is 20.2. The van der Waals surface area contributed by atoms with Crippen LogP contribution in [0.1, 0.15) is 17.5 Å². The molecule has 0 amide bonds. The molecular weight excluding hydrogens is 583 g/mol. The van der Waals surface area contributed by atoms with Gasteiger partial charge in [0.1, 0.15) is 11.6 Å². The van der Waals surface area contributed by atoms with Crippen molar-refractivity contribution in [2.75, 3.05) is 25.5 Å². The molecule has 1 N–H and O–H groups in total. The Morgan fingerprint density at radius 2 is 1.52 bits per heavy atom. The van der Waals surface area contributed by atoms with Crippen LogP contribution in [0.3, 0.4) is 0 Å². The standard InChI is InChI=1S/C31H28F3N3O3S2/c1-40-25-17-15-24(16-18-25)23-13-11-22(12-14-23)21-37(42(38,39)29-10-5-3-8-27(29)31(32,33)34)20-6-19-35-30-26-7-2-4-9-28(26)41-36-30/h2-5,7-18H,6,19-21H2,1H3,(H,35,36). The van der Waals surface area contributed by atoms with E-state index in [1.165, 1.54) is 23.7 Å². The van der Waals surface area contributed by atoms with Gasteiger partial charge in [-0.2, -0.15) is 21.9 Å². The summed E-state index contributed by atoms with van der Waals surface area (Å²) in [7, 11) is -2.90. The van der Waals surface area contributed by atoms with Crippen LogP contribution in [0.5, 0.6) is 5.75 Å². The molecule has 0 fully saturated rings. The zero-order chi connectivity index (χ0) is 29.7. The van der Waals surface area contributed by atoms with E-state index in [2.05, 4.69) is 9.69 Å². The van der Waals surface area contributed by atoms with E-state index >= 15 is 0 Å². The molecule has 11 heteroatoms. The smallest absolute Gasteiger partial charge is 0.417 e. The highest BCUT2D eigenvalue weighted by Gasteiger charge is 2.38. The minimum Gasteiger partial charge on any atom is -0.497 e. The van der Waals surface area contributed by atoms with E-state index < -0.39 is 26.7 Å². The zero-order valence-corrected chi connectivity index (χ0v) is 24.3. The van der Waals surface area contributed by atoms with E-state index in [-0.39, 0.29) is 13.1 Å². The van der Waals surface area contributed by atoms with Gasteiger partial charge in [-0.05, 0) is 71.0 Å². The van der Waals surface area contributed by atoms with Crippen molar-refractivity contribution >= 4 is 37.5 Å². The molecule has 0 radical (unpaired) electrons. The Hall–Kier alpha value is -3.93. The van der Waals surface area contributed by atoms with Crippen molar-refractivity contribution in [1.82, 2.24) is 8.68 Å². The van der Waals surface area contributed by atoms with E-state index in [0.29, 0.717) is 24.3 Å². The second-order valence-electron chi connectivity index (χ2n) is 9.57. The number of aromatic nitrogens is 1. The van der Waals surface area contributed by atoms with Gasteiger partial charge in [0.25, 0.3) is 0 Å². The van der Waals surface area contributed by atoms with Crippen molar-refractivity contribution in [3.63, 3.8) is 0 Å². The Morgan fingerprint density at radius 3 is 2.21 bits per heavy atom. The fourth-order valence-corrected chi connectivity index (χ4v) is 7.05. The molecule has 0 bridgehead atoms. The Morgan fingerprint density at radius 1 is 0.881 bits per heavy atom. The van der Waals surface area contributed by atoms with E-state index in [0.717, 1.165) is 43.4 Å². The summed E-state index contributed by atoms with van der Waals surface area (Å²) in [5.74, 6) is 1.43. The normalized spacial score (nSPS) is 12.1. The minimum atomic E-state index is -4.82. The first-order valence-corrected chi connectivity index (χ1v) is 15.4. The van der Waals surface area contributed by atoms with E-state index in [4.69, 9.17) is 4.74 Å². The number of benzene rings is 4. The van der Waals surface area contributed by atoms with Gasteiger partial charge in [-0.15, -0.1) is 0 Å². The number of hydrogen-bond donors (Lipinski definition) is 1. The molecule has 0 aliphatic heterocycles. The molecule has 6 nitrogen and oxygen atoms in total. The number of alkyl halides is 3. The van der Waals surface area contributed by atoms with Crippen LogP contribution in [0.25, 0.3) is 21.2 Å². The lowest BCUT2D eigenvalue weighted by atomic mass is 10.0. The summed E-state index contributed by atoms with van der Waals surface area (Å²) < 4.78 is 80.6. The third-order valence-corrected chi connectivity index (χ3v) is 9.53. The molecule has 1 aromatic heterocycles. The number of hydrogen-bond acceptors (Lipinski definition) is 6. The Balaban J connectivity index is 1.37. The lowest BCUT2D eigenvalue weighted by Crippen LogP contribution is -2.33. The highest BCUT2D eigenvalue weighted by atomic mass is 32.2. The third kappa shape index (κ3) is 6.59. The number of nitrogens with one attached hydrogen (secondary N) is 1. The van der Waals surface area contributed by atoms with Crippen molar-refractivity contribution in [2.45, 2.75) is 24.0 Å². The molecule has 0 aliphatic carbocycles. The van der Waals surface area contributed by atoms with Gasteiger partial charge in [-0.25, -0.2) is 8.42 Å². The number of fused-ring (bicyclic) bond motifs is 1. The van der Waals surface area contributed by atoms with Crippen molar-refractivity contribution < 1.29 is 26.3 Å². The number of ether oxygens (including phenoxy) is 1. The van der Waals surface area contributed by atoms with E-state index in [9.17, 15) is 21.6 Å². The molecule has 0 spiro atoms. The molecule has 5 rings (SSSR count). The molecule has 0 unspecified atom stereocenters. The monoisotopic (exact) mass is 611 g/mol. The summed E-state index contributed by atoms with van der Waals surface area (Å²) in [6.45, 7) is 0.304. The molecule has 218 valence electrons. The van der Waals surface area contributed by atoms with Crippen molar-refractivity contribution in [3.8, 4) is 16.9 Å². The second-order valence-corrected chi connectivity index (χ2v) is 12.3. The van der Waals surface area contributed by atoms with E-state index in [1.807, 2.05) is 60.7 Å². The molecule has 5 aromatic rings. The number of methoxy groups -OCH3 is 1. The van der Waals surface area contributed by atoms with Crippen molar-refractivity contribution in [2.24, 2.45) is 0 Å². The van der Waals surface area contributed by atoms with Crippen LogP contribution in [0.15, 0.2) is 102 Å². The Kier molecular flexibility index (Phi) is 8.81. The number of rotatable bonds is 11. The topological polar surface area (TPSA) is 71.5 Å². The highest BCUT2D eigenvalue weighted by Crippen LogP contribution is 2.36. The van der Waals surface area contributed by atoms with Crippen LogP contribution in [-0.2, 0) is 22.7 Å². The van der Waals surface area contributed by atoms with Gasteiger partial charge < -0.3 is 10.1 Å². The summed E-state index contributed by atoms with van der Waals surface area (Å²) >= 11 is 1.36. The van der Waals surface area contributed by atoms with Crippen LogP contribution in [0.2, 0.25) is 0 Å². The second kappa shape index (κ2) is 12.5. The summed E-state index contributed by atoms with van der Waals surface area (Å²) in [5.41, 5.74) is 1.33. The van der Waals surface area contributed by atoms with Gasteiger partial charge in [0, 0.05) is 25.0 Å². The average molecular weight is 612 g/mol. The average Bonchev–Trinajstić information content (AvgIpc) is 3.41. The van der Waals surface area contributed by atoms with Crippen molar-refractivity contribution in [1.29, 1.82) is 0 Å². The summed E-state index contributed by atoms with van der Waals surface area (Å²) in [6, 6.07) is 26.9. The predicted molar refractivity (Wildman–Crippen MR) is 160 cm³/mol. The van der Waals surface area contributed by atoms with Gasteiger partial charge >= 0.3 is 6.18 Å². The maximum absolute atomic E-state index is 13.8. The summed E-state index contributed by atoms with van der Waals surface area (Å²) in [5, 5.41) is 4.20. The maximum Gasteiger partial charge on any atom is 0.417 e. The lowest BCUT2D eigenvalue weighted by molar-refractivity contribution is -0.139. The molecule has 0 saturated heterocycles. The first-order valence-electron chi connectivity index (χ1n) is 13.1. The fourth-order valence-electron chi connectivity index (χ4n) is 4.61. The van der Waals surface area contributed by atoms with Gasteiger partial charge in [-0.3, -0.25) is 0 Å². The first kappa shape index (κ1) is 29.6. The van der Waals surface area contributed by atoms with Crippen LogP contribution < -0.4 is 10.1 Å². The molecule has 0 atom stereocenters. The minimum absolute atomic E-state index is 0.00380. The number of sulfonamides is 1. The van der Waals surface area contributed by atoms with Crippen molar-refractivity contribution in [3.05, 3.63) is 108 Å². The number of anilines is 1. The lowest BCUT2D eigenvalue weighted by Gasteiger charge is -2.24. The van der Waals surface area contributed by atoms with Crippen LogP contribution in [0.4, 0.5) is 19.0 Å². The molecule has 1 heterocycles. The zero-order valence-electron chi connectivity index (χ0n) is 22.6. The van der Waals surface area contributed by atoms with Crippen LogP contribution >= 0.6 is 11.5 Å². The molecular formula is C31H28F3N3O3S2. The highest BCUT2D eigenvalue weighted by molar-refractivity contribution is 7.89. The quantitative estimate of drug-likeness (QED) is 0.155. The Bertz CT molecular complexity index is 1750. The largest absolute Gasteiger partial charge is 0.497 e. The predicted octanol–water partition coefficient (Wildman–Crippen LogP) is 7.68. The molecule has 0 saturated carbocycles. The van der Waals surface area contributed by atoms with Gasteiger partial charge in [-0.1, -0.05) is 60.7 Å². The van der Waals surface area contributed by atoms with Gasteiger partial charge in [0.15, 0.2) is 0 Å². The van der Waals surface area contributed by atoms with Gasteiger partial charge in [0.2, 0.25) is 10.0 Å². The van der Waals surface area contributed by atoms with Crippen LogP contribution in [0, 0.1) is 0 Å². The molecule has 42 heavy (non-hydrogen) atoms. The fraction of sp³-hybridized carbons (Fsp3) is 0.194.